The van der Waals surface area contributed by atoms with Crippen molar-refractivity contribution >= 4 is 40.8 Å². The Kier molecular flexibility index (Phi) is 8.21. The number of nitrogens with zero attached hydrogens (tertiary/aromatic N) is 2. The molecule has 4 amide bonds. The van der Waals surface area contributed by atoms with E-state index in [1.54, 1.807) is 18.2 Å². The van der Waals surface area contributed by atoms with Crippen LogP contribution in [-0.2, 0) is 9.59 Å². The lowest BCUT2D eigenvalue weighted by Gasteiger charge is -2.33. The maximum atomic E-state index is 12.3. The molecule has 0 bridgehead atoms. The van der Waals surface area contributed by atoms with Gasteiger partial charge in [0.05, 0.1) is 23.8 Å². The minimum absolute atomic E-state index is 0.125. The number of anilines is 2. The lowest BCUT2D eigenvalue weighted by Crippen LogP contribution is -2.51. The first-order chi connectivity index (χ1) is 15.3. The summed E-state index contributed by atoms with van der Waals surface area (Å²) >= 11 is 6.07. The Hall–Kier alpha value is -2.94. The first-order valence-electron chi connectivity index (χ1n) is 10.5. The largest absolute Gasteiger partial charge is 0.325 e. The van der Waals surface area contributed by atoms with Gasteiger partial charge in [0.1, 0.15) is 0 Å². The number of amides is 4. The fraction of sp³-hybridized carbons (Fsp3) is 0.348. The Bertz CT molecular complexity index is 989. The van der Waals surface area contributed by atoms with Crippen molar-refractivity contribution in [1.82, 2.24) is 15.1 Å². The van der Waals surface area contributed by atoms with Crippen LogP contribution in [0.5, 0.6) is 0 Å². The molecular weight excluding hydrogens is 430 g/mol. The topological polar surface area (TPSA) is 93.8 Å². The first kappa shape index (κ1) is 23.7. The minimum atomic E-state index is -0.545. The van der Waals surface area contributed by atoms with E-state index in [0.29, 0.717) is 42.6 Å². The van der Waals surface area contributed by atoms with Crippen LogP contribution in [0.15, 0.2) is 42.5 Å². The lowest BCUT2D eigenvalue weighted by molar-refractivity contribution is -0.122. The van der Waals surface area contributed by atoms with Crippen molar-refractivity contribution in [3.05, 3.63) is 58.6 Å². The number of rotatable bonds is 6. The molecule has 3 rings (SSSR count). The van der Waals surface area contributed by atoms with Crippen LogP contribution in [0.4, 0.5) is 16.2 Å². The van der Waals surface area contributed by atoms with Crippen molar-refractivity contribution in [2.24, 2.45) is 0 Å². The molecule has 1 aliphatic rings. The quantitative estimate of drug-likeness (QED) is 0.620. The number of para-hydroxylation sites is 1. The Morgan fingerprint density at radius 2 is 1.47 bits per heavy atom. The zero-order valence-electron chi connectivity index (χ0n) is 18.3. The number of halogens is 1. The van der Waals surface area contributed by atoms with Crippen LogP contribution in [0.1, 0.15) is 11.1 Å². The molecule has 3 N–H and O–H groups in total. The number of aryl methyl sites for hydroxylation is 2. The Morgan fingerprint density at radius 1 is 0.844 bits per heavy atom. The average Bonchev–Trinajstić information content (AvgIpc) is 2.73. The first-order valence-corrected chi connectivity index (χ1v) is 10.8. The molecule has 2 aromatic rings. The highest BCUT2D eigenvalue weighted by atomic mass is 35.5. The third-order valence-electron chi connectivity index (χ3n) is 5.23. The van der Waals surface area contributed by atoms with Crippen molar-refractivity contribution in [1.29, 1.82) is 0 Å². The van der Waals surface area contributed by atoms with Crippen LogP contribution in [0.2, 0.25) is 5.02 Å². The van der Waals surface area contributed by atoms with Crippen LogP contribution in [-0.4, -0.2) is 66.9 Å². The van der Waals surface area contributed by atoms with Gasteiger partial charge in [0.15, 0.2) is 0 Å². The van der Waals surface area contributed by atoms with Crippen LogP contribution >= 0.6 is 11.6 Å². The summed E-state index contributed by atoms with van der Waals surface area (Å²) in [6.07, 6.45) is 0. The molecule has 9 heteroatoms. The van der Waals surface area contributed by atoms with Crippen molar-refractivity contribution in [3.63, 3.8) is 0 Å². The number of hydrogen-bond acceptors (Lipinski definition) is 5. The second-order valence-corrected chi connectivity index (χ2v) is 8.31. The standard InChI is InChI=1S/C23H28ClN5O3/c1-16-7-8-19(17(2)13-16)26-23(32)27-22(31)15-29-11-9-28(10-12-29)14-21(30)25-20-6-4-3-5-18(20)24/h3-8,13H,9-12,14-15H2,1-2H3,(H,25,30)(H2,26,27,31,32). The molecule has 32 heavy (non-hydrogen) atoms. The molecule has 2 aromatic carbocycles. The zero-order chi connectivity index (χ0) is 23.1. The molecule has 1 heterocycles. The normalized spacial score (nSPS) is 14.6. The third kappa shape index (κ3) is 7.05. The van der Waals surface area contributed by atoms with Gasteiger partial charge in [-0.25, -0.2) is 4.79 Å². The SMILES string of the molecule is Cc1ccc(NC(=O)NC(=O)CN2CCN(CC(=O)Nc3ccccc3Cl)CC2)c(C)c1. The molecule has 170 valence electrons. The summed E-state index contributed by atoms with van der Waals surface area (Å²) in [6.45, 7) is 6.82. The average molecular weight is 458 g/mol. The van der Waals surface area contributed by atoms with Gasteiger partial charge in [0.2, 0.25) is 11.8 Å². The van der Waals surface area contributed by atoms with Crippen molar-refractivity contribution in [3.8, 4) is 0 Å². The van der Waals surface area contributed by atoms with Crippen LogP contribution in [0, 0.1) is 13.8 Å². The summed E-state index contributed by atoms with van der Waals surface area (Å²) in [6, 6.07) is 12.2. The minimum Gasteiger partial charge on any atom is -0.324 e. The molecule has 8 nitrogen and oxygen atoms in total. The Balaban J connectivity index is 1.37. The van der Waals surface area contributed by atoms with Gasteiger partial charge in [-0.2, -0.15) is 0 Å². The van der Waals surface area contributed by atoms with Crippen molar-refractivity contribution in [2.45, 2.75) is 13.8 Å². The summed E-state index contributed by atoms with van der Waals surface area (Å²) in [7, 11) is 0. The second-order valence-electron chi connectivity index (χ2n) is 7.90. The van der Waals surface area contributed by atoms with Gasteiger partial charge < -0.3 is 10.6 Å². The molecule has 0 radical (unpaired) electrons. The highest BCUT2D eigenvalue weighted by Crippen LogP contribution is 2.20. The van der Waals surface area contributed by atoms with Gasteiger partial charge >= 0.3 is 6.03 Å². The number of piperazine rings is 1. The van der Waals surface area contributed by atoms with Gasteiger partial charge in [-0.15, -0.1) is 0 Å². The molecule has 0 atom stereocenters. The molecule has 0 aromatic heterocycles. The molecule has 0 spiro atoms. The number of nitrogens with one attached hydrogen (secondary N) is 3. The number of carbonyl (C=O) groups is 3. The van der Waals surface area contributed by atoms with E-state index in [-0.39, 0.29) is 24.9 Å². The maximum Gasteiger partial charge on any atom is 0.325 e. The molecule has 1 aliphatic heterocycles. The monoisotopic (exact) mass is 457 g/mol. The van der Waals surface area contributed by atoms with E-state index in [2.05, 4.69) is 16.0 Å². The molecule has 0 aliphatic carbocycles. The summed E-state index contributed by atoms with van der Waals surface area (Å²) in [5, 5.41) is 8.39. The van der Waals surface area contributed by atoms with E-state index >= 15 is 0 Å². The summed E-state index contributed by atoms with van der Waals surface area (Å²) in [4.78, 5) is 40.6. The predicted molar refractivity (Wildman–Crippen MR) is 126 cm³/mol. The van der Waals surface area contributed by atoms with E-state index in [1.807, 2.05) is 47.9 Å². The number of urea groups is 1. The lowest BCUT2D eigenvalue weighted by atomic mass is 10.1. The number of benzene rings is 2. The van der Waals surface area contributed by atoms with E-state index in [0.717, 1.165) is 11.1 Å². The molecule has 0 unspecified atom stereocenters. The summed E-state index contributed by atoms with van der Waals surface area (Å²) < 4.78 is 0. The highest BCUT2D eigenvalue weighted by Gasteiger charge is 2.21. The van der Waals surface area contributed by atoms with Crippen LogP contribution < -0.4 is 16.0 Å². The highest BCUT2D eigenvalue weighted by molar-refractivity contribution is 6.33. The maximum absolute atomic E-state index is 12.3. The molecule has 0 saturated carbocycles. The smallest absolute Gasteiger partial charge is 0.324 e. The molecule has 1 saturated heterocycles. The van der Waals surface area contributed by atoms with E-state index in [1.165, 1.54) is 0 Å². The van der Waals surface area contributed by atoms with Crippen LogP contribution in [0.3, 0.4) is 0 Å². The Labute approximate surface area is 192 Å². The Morgan fingerprint density at radius 3 is 2.09 bits per heavy atom. The van der Waals surface area contributed by atoms with Gasteiger partial charge in [0, 0.05) is 31.9 Å². The van der Waals surface area contributed by atoms with E-state index in [9.17, 15) is 14.4 Å². The zero-order valence-corrected chi connectivity index (χ0v) is 19.0. The molecule has 1 fully saturated rings. The number of imide groups is 1. The number of hydrogen-bond donors (Lipinski definition) is 3. The van der Waals surface area contributed by atoms with E-state index in [4.69, 9.17) is 11.6 Å². The summed E-state index contributed by atoms with van der Waals surface area (Å²) in [5.74, 6) is -0.496. The van der Waals surface area contributed by atoms with Gasteiger partial charge in [-0.1, -0.05) is 41.4 Å². The van der Waals surface area contributed by atoms with Crippen LogP contribution in [0.25, 0.3) is 0 Å². The molecular formula is C23H28ClN5O3. The van der Waals surface area contributed by atoms with Gasteiger partial charge in [-0.05, 0) is 37.6 Å². The fourth-order valence-electron chi connectivity index (χ4n) is 3.54. The van der Waals surface area contributed by atoms with E-state index < -0.39 is 6.03 Å². The predicted octanol–water partition coefficient (Wildman–Crippen LogP) is 2.86. The summed E-state index contributed by atoms with van der Waals surface area (Å²) in [5.41, 5.74) is 3.30. The van der Waals surface area contributed by atoms with Gasteiger partial charge in [0.25, 0.3) is 0 Å². The number of carbonyl (C=O) groups excluding carboxylic acids is 3. The van der Waals surface area contributed by atoms with Gasteiger partial charge in [-0.3, -0.25) is 24.7 Å². The fourth-order valence-corrected chi connectivity index (χ4v) is 3.72. The van der Waals surface area contributed by atoms with Crippen molar-refractivity contribution in [2.75, 3.05) is 49.9 Å². The third-order valence-corrected chi connectivity index (χ3v) is 5.56. The second kappa shape index (κ2) is 11.1. The van der Waals surface area contributed by atoms with Crippen molar-refractivity contribution < 1.29 is 14.4 Å².